The summed E-state index contributed by atoms with van der Waals surface area (Å²) in [6.07, 6.45) is 0. The molecule has 5 nitrogen and oxygen atoms in total. The van der Waals surface area contributed by atoms with Crippen LogP contribution >= 0.6 is 0 Å². The highest BCUT2D eigenvalue weighted by Crippen LogP contribution is 2.24. The summed E-state index contributed by atoms with van der Waals surface area (Å²) < 4.78 is 5.03. The van der Waals surface area contributed by atoms with Gasteiger partial charge in [0.05, 0.1) is 17.9 Å². The largest absolute Gasteiger partial charge is 0.462 e. The molecular weight excluding hydrogens is 280 g/mol. The van der Waals surface area contributed by atoms with Gasteiger partial charge in [0.15, 0.2) is 5.78 Å². The molecule has 114 valence electrons. The molecular formula is C17H18N2O3. The molecule has 0 aliphatic carbocycles. The van der Waals surface area contributed by atoms with E-state index in [9.17, 15) is 9.59 Å². The highest BCUT2D eigenvalue weighted by atomic mass is 16.5. The molecule has 3 N–H and O–H groups in total. The van der Waals surface area contributed by atoms with Crippen molar-refractivity contribution in [2.45, 2.75) is 13.8 Å². The summed E-state index contributed by atoms with van der Waals surface area (Å²) in [7, 11) is 0. The summed E-state index contributed by atoms with van der Waals surface area (Å²) in [6, 6.07) is 12.0. The molecule has 2 aromatic rings. The molecule has 0 aliphatic rings. The average molecular weight is 298 g/mol. The number of benzene rings is 2. The average Bonchev–Trinajstić information content (AvgIpc) is 2.49. The fraction of sp³-hybridized carbons (Fsp3) is 0.176. The summed E-state index contributed by atoms with van der Waals surface area (Å²) in [5, 5.41) is 3.13. The van der Waals surface area contributed by atoms with Gasteiger partial charge in [-0.3, -0.25) is 4.79 Å². The van der Waals surface area contributed by atoms with Crippen LogP contribution in [0.15, 0.2) is 42.5 Å². The number of ether oxygens (including phenoxy) is 1. The molecule has 0 saturated heterocycles. The molecule has 2 rings (SSSR count). The number of rotatable bonds is 5. The fourth-order valence-corrected chi connectivity index (χ4v) is 2.02. The lowest BCUT2D eigenvalue weighted by atomic mass is 10.1. The smallest absolute Gasteiger partial charge is 0.340 e. The number of hydrogen-bond donors (Lipinski definition) is 2. The van der Waals surface area contributed by atoms with E-state index < -0.39 is 5.97 Å². The van der Waals surface area contributed by atoms with Crippen LogP contribution < -0.4 is 11.1 Å². The van der Waals surface area contributed by atoms with Crippen molar-refractivity contribution in [3.63, 3.8) is 0 Å². The van der Waals surface area contributed by atoms with Gasteiger partial charge in [-0.25, -0.2) is 4.79 Å². The van der Waals surface area contributed by atoms with Crippen molar-refractivity contribution in [3.05, 3.63) is 53.6 Å². The van der Waals surface area contributed by atoms with Crippen LogP contribution in [0, 0.1) is 0 Å². The molecule has 22 heavy (non-hydrogen) atoms. The van der Waals surface area contributed by atoms with Crippen molar-refractivity contribution in [1.29, 1.82) is 0 Å². The zero-order chi connectivity index (χ0) is 16.1. The van der Waals surface area contributed by atoms with Crippen LogP contribution in [0.4, 0.5) is 17.1 Å². The van der Waals surface area contributed by atoms with Crippen molar-refractivity contribution in [2.75, 3.05) is 17.7 Å². The van der Waals surface area contributed by atoms with Crippen LogP contribution in [0.3, 0.4) is 0 Å². The van der Waals surface area contributed by atoms with Crippen molar-refractivity contribution in [3.8, 4) is 0 Å². The lowest BCUT2D eigenvalue weighted by Crippen LogP contribution is -2.09. The Hall–Kier alpha value is -2.82. The Bertz CT molecular complexity index is 711. The third-order valence-electron chi connectivity index (χ3n) is 3.09. The van der Waals surface area contributed by atoms with E-state index in [4.69, 9.17) is 10.5 Å². The minimum absolute atomic E-state index is 0.0217. The monoisotopic (exact) mass is 298 g/mol. The van der Waals surface area contributed by atoms with Gasteiger partial charge in [-0.2, -0.15) is 0 Å². The van der Waals surface area contributed by atoms with Gasteiger partial charge in [-0.15, -0.1) is 0 Å². The predicted octanol–water partition coefficient (Wildman–Crippen LogP) is 3.39. The van der Waals surface area contributed by atoms with Crippen LogP contribution in [0.2, 0.25) is 0 Å². The van der Waals surface area contributed by atoms with E-state index in [2.05, 4.69) is 5.32 Å². The van der Waals surface area contributed by atoms with Crippen LogP contribution in [-0.4, -0.2) is 18.4 Å². The molecule has 0 spiro atoms. The molecule has 0 heterocycles. The van der Waals surface area contributed by atoms with Crippen molar-refractivity contribution in [2.24, 2.45) is 0 Å². The molecule has 0 radical (unpaired) electrons. The second-order valence-electron chi connectivity index (χ2n) is 4.79. The summed E-state index contributed by atoms with van der Waals surface area (Å²) in [5.74, 6) is -0.466. The lowest BCUT2D eigenvalue weighted by Gasteiger charge is -2.12. The first-order valence-electron chi connectivity index (χ1n) is 6.96. The van der Waals surface area contributed by atoms with Crippen LogP contribution in [0.25, 0.3) is 0 Å². The van der Waals surface area contributed by atoms with Gasteiger partial charge >= 0.3 is 5.97 Å². The molecule has 0 fully saturated rings. The Morgan fingerprint density at radius 3 is 2.64 bits per heavy atom. The molecule has 0 atom stereocenters. The Morgan fingerprint density at radius 1 is 1.18 bits per heavy atom. The second kappa shape index (κ2) is 6.76. The SMILES string of the molecule is CCOC(=O)c1cc(N)ccc1Nc1cccc(C(C)=O)c1. The first kappa shape index (κ1) is 15.6. The quantitative estimate of drug-likeness (QED) is 0.502. The Labute approximate surface area is 129 Å². The summed E-state index contributed by atoms with van der Waals surface area (Å²) in [4.78, 5) is 23.4. The first-order chi connectivity index (χ1) is 10.5. The van der Waals surface area contributed by atoms with E-state index in [1.807, 2.05) is 6.07 Å². The number of carbonyl (C=O) groups excluding carboxylic acids is 2. The van der Waals surface area contributed by atoms with Crippen molar-refractivity contribution >= 4 is 28.8 Å². The van der Waals surface area contributed by atoms with Crippen LogP contribution in [0.1, 0.15) is 34.6 Å². The maximum Gasteiger partial charge on any atom is 0.340 e. The van der Waals surface area contributed by atoms with E-state index in [-0.39, 0.29) is 12.4 Å². The third-order valence-corrected chi connectivity index (χ3v) is 3.09. The standard InChI is InChI=1S/C17H18N2O3/c1-3-22-17(21)15-10-13(18)7-8-16(15)19-14-6-4-5-12(9-14)11(2)20/h4-10,19H,3,18H2,1-2H3. The van der Waals surface area contributed by atoms with Crippen LogP contribution in [0.5, 0.6) is 0 Å². The Balaban J connectivity index is 2.35. The van der Waals surface area contributed by atoms with Crippen molar-refractivity contribution in [1.82, 2.24) is 0 Å². The number of carbonyl (C=O) groups is 2. The van der Waals surface area contributed by atoms with Gasteiger partial charge in [0.25, 0.3) is 0 Å². The lowest BCUT2D eigenvalue weighted by molar-refractivity contribution is 0.0527. The normalized spacial score (nSPS) is 10.1. The maximum atomic E-state index is 12.0. The maximum absolute atomic E-state index is 12.0. The Kier molecular flexibility index (Phi) is 4.78. The fourth-order valence-electron chi connectivity index (χ4n) is 2.02. The predicted molar refractivity (Wildman–Crippen MR) is 86.5 cm³/mol. The minimum Gasteiger partial charge on any atom is -0.462 e. The zero-order valence-corrected chi connectivity index (χ0v) is 12.6. The molecule has 2 aromatic carbocycles. The van der Waals surface area contributed by atoms with Gasteiger partial charge in [0.1, 0.15) is 0 Å². The first-order valence-corrected chi connectivity index (χ1v) is 6.96. The molecule has 0 aliphatic heterocycles. The molecule has 0 saturated carbocycles. The van der Waals surface area contributed by atoms with Gasteiger partial charge in [-0.1, -0.05) is 12.1 Å². The topological polar surface area (TPSA) is 81.4 Å². The molecule has 5 heteroatoms. The highest BCUT2D eigenvalue weighted by Gasteiger charge is 2.13. The zero-order valence-electron chi connectivity index (χ0n) is 12.6. The summed E-state index contributed by atoms with van der Waals surface area (Å²) in [5.41, 5.74) is 8.46. The van der Waals surface area contributed by atoms with Gasteiger partial charge in [0, 0.05) is 16.9 Å². The molecule has 0 aromatic heterocycles. The Morgan fingerprint density at radius 2 is 1.95 bits per heavy atom. The van der Waals surface area contributed by atoms with Crippen molar-refractivity contribution < 1.29 is 14.3 Å². The number of esters is 1. The van der Waals surface area contributed by atoms with E-state index in [0.717, 1.165) is 0 Å². The van der Waals surface area contributed by atoms with Gasteiger partial charge < -0.3 is 15.8 Å². The highest BCUT2D eigenvalue weighted by molar-refractivity contribution is 5.98. The molecule has 0 unspecified atom stereocenters. The van der Waals surface area contributed by atoms with Gasteiger partial charge in [0.2, 0.25) is 0 Å². The molecule has 0 amide bonds. The third kappa shape index (κ3) is 3.63. The number of nitrogen functional groups attached to an aromatic ring is 1. The van der Waals surface area contributed by atoms with E-state index in [1.54, 1.807) is 43.3 Å². The van der Waals surface area contributed by atoms with E-state index in [1.165, 1.54) is 6.92 Å². The number of nitrogens with one attached hydrogen (secondary N) is 1. The van der Waals surface area contributed by atoms with Crippen LogP contribution in [-0.2, 0) is 4.74 Å². The number of anilines is 3. The molecule has 0 bridgehead atoms. The summed E-state index contributed by atoms with van der Waals surface area (Å²) in [6.45, 7) is 3.53. The number of Topliss-reactive ketones (excluding diaryl/α,β-unsaturated/α-hetero) is 1. The second-order valence-corrected chi connectivity index (χ2v) is 4.79. The number of hydrogen-bond acceptors (Lipinski definition) is 5. The number of ketones is 1. The minimum atomic E-state index is -0.444. The summed E-state index contributed by atoms with van der Waals surface area (Å²) >= 11 is 0. The number of nitrogens with two attached hydrogens (primary N) is 1. The van der Waals surface area contributed by atoms with Gasteiger partial charge in [-0.05, 0) is 44.2 Å². The van der Waals surface area contributed by atoms with E-state index in [0.29, 0.717) is 28.2 Å². The van der Waals surface area contributed by atoms with E-state index >= 15 is 0 Å².